The minimum absolute atomic E-state index is 0.122. The molecule has 0 amide bonds. The lowest BCUT2D eigenvalue weighted by atomic mass is 10.1. The number of aromatic nitrogens is 3. The summed E-state index contributed by atoms with van der Waals surface area (Å²) < 4.78 is 1.76. The molecule has 0 saturated carbocycles. The van der Waals surface area contributed by atoms with Gasteiger partial charge in [-0.05, 0) is 19.1 Å². The minimum atomic E-state index is -0.512. The SMILES string of the molecule is Cc1nnc(-c2ccc(N)c([N+](=O)[O-])c2)n1C. The van der Waals surface area contributed by atoms with Gasteiger partial charge in [-0.2, -0.15) is 0 Å². The van der Waals surface area contributed by atoms with Gasteiger partial charge in [-0.1, -0.05) is 0 Å². The first-order valence-corrected chi connectivity index (χ1v) is 4.91. The van der Waals surface area contributed by atoms with Gasteiger partial charge in [0.2, 0.25) is 0 Å². The van der Waals surface area contributed by atoms with Gasteiger partial charge in [0.15, 0.2) is 5.82 Å². The Hall–Kier alpha value is -2.44. The fourth-order valence-corrected chi connectivity index (χ4v) is 1.50. The van der Waals surface area contributed by atoms with Crippen molar-refractivity contribution in [2.75, 3.05) is 5.73 Å². The van der Waals surface area contributed by atoms with Gasteiger partial charge in [0, 0.05) is 18.7 Å². The second kappa shape index (κ2) is 3.85. The molecule has 17 heavy (non-hydrogen) atoms. The minimum Gasteiger partial charge on any atom is -0.393 e. The Balaban J connectivity index is 2.58. The van der Waals surface area contributed by atoms with Gasteiger partial charge in [0.05, 0.1) is 4.92 Å². The van der Waals surface area contributed by atoms with Crippen LogP contribution in [0.15, 0.2) is 18.2 Å². The number of nitro groups is 1. The molecule has 2 aromatic rings. The smallest absolute Gasteiger partial charge is 0.292 e. The second-order valence-electron chi connectivity index (χ2n) is 3.66. The van der Waals surface area contributed by atoms with E-state index in [2.05, 4.69) is 10.2 Å². The number of aryl methyl sites for hydroxylation is 1. The third kappa shape index (κ3) is 1.82. The Morgan fingerprint density at radius 2 is 2.12 bits per heavy atom. The Bertz CT molecular complexity index is 590. The third-order valence-electron chi connectivity index (χ3n) is 2.58. The largest absolute Gasteiger partial charge is 0.393 e. The van der Waals surface area contributed by atoms with Crippen molar-refractivity contribution in [3.8, 4) is 11.4 Å². The summed E-state index contributed by atoms with van der Waals surface area (Å²) in [5, 5.41) is 18.6. The van der Waals surface area contributed by atoms with E-state index in [1.807, 2.05) is 6.92 Å². The maximum absolute atomic E-state index is 10.8. The Kier molecular flexibility index (Phi) is 2.51. The molecule has 0 aliphatic carbocycles. The predicted octanol–water partition coefficient (Wildman–Crippen LogP) is 1.28. The van der Waals surface area contributed by atoms with Gasteiger partial charge < -0.3 is 10.3 Å². The van der Waals surface area contributed by atoms with E-state index < -0.39 is 4.92 Å². The van der Waals surface area contributed by atoms with Crippen molar-refractivity contribution in [2.45, 2.75) is 6.92 Å². The highest BCUT2D eigenvalue weighted by Crippen LogP contribution is 2.27. The first-order chi connectivity index (χ1) is 8.00. The number of hydrogen-bond donors (Lipinski definition) is 1. The van der Waals surface area contributed by atoms with Gasteiger partial charge in [-0.25, -0.2) is 0 Å². The van der Waals surface area contributed by atoms with E-state index in [-0.39, 0.29) is 11.4 Å². The Labute approximate surface area is 97.0 Å². The Morgan fingerprint density at radius 1 is 1.41 bits per heavy atom. The molecule has 1 heterocycles. The summed E-state index contributed by atoms with van der Waals surface area (Å²) in [6, 6.07) is 4.59. The van der Waals surface area contributed by atoms with E-state index in [0.29, 0.717) is 11.4 Å². The maximum atomic E-state index is 10.8. The molecular formula is C10H11N5O2. The van der Waals surface area contributed by atoms with Crippen molar-refractivity contribution in [2.24, 2.45) is 7.05 Å². The second-order valence-corrected chi connectivity index (χ2v) is 3.66. The molecule has 0 aliphatic heterocycles. The van der Waals surface area contributed by atoms with Crippen LogP contribution in [0.5, 0.6) is 0 Å². The zero-order chi connectivity index (χ0) is 12.6. The molecular weight excluding hydrogens is 222 g/mol. The summed E-state index contributed by atoms with van der Waals surface area (Å²) >= 11 is 0. The number of anilines is 1. The van der Waals surface area contributed by atoms with Crippen LogP contribution >= 0.6 is 0 Å². The molecule has 7 nitrogen and oxygen atoms in total. The maximum Gasteiger partial charge on any atom is 0.292 e. The molecule has 0 radical (unpaired) electrons. The number of hydrogen-bond acceptors (Lipinski definition) is 5. The van der Waals surface area contributed by atoms with Crippen LogP contribution in [0.3, 0.4) is 0 Å². The number of nitro benzene ring substituents is 1. The average Bonchev–Trinajstić information content (AvgIpc) is 2.60. The zero-order valence-corrected chi connectivity index (χ0v) is 9.41. The third-order valence-corrected chi connectivity index (χ3v) is 2.58. The fraction of sp³-hybridized carbons (Fsp3) is 0.200. The first-order valence-electron chi connectivity index (χ1n) is 4.91. The summed E-state index contributed by atoms with van der Waals surface area (Å²) in [7, 11) is 1.80. The summed E-state index contributed by atoms with van der Waals surface area (Å²) in [4.78, 5) is 10.3. The van der Waals surface area contributed by atoms with Crippen LogP contribution < -0.4 is 5.73 Å². The molecule has 0 fully saturated rings. The molecule has 2 N–H and O–H groups in total. The summed E-state index contributed by atoms with van der Waals surface area (Å²) in [6.07, 6.45) is 0. The van der Waals surface area contributed by atoms with Crippen molar-refractivity contribution in [3.63, 3.8) is 0 Å². The number of nitrogen functional groups attached to an aromatic ring is 1. The topological polar surface area (TPSA) is 99.9 Å². The normalized spacial score (nSPS) is 10.5. The van der Waals surface area contributed by atoms with E-state index in [9.17, 15) is 10.1 Å². The van der Waals surface area contributed by atoms with Crippen LogP contribution in [-0.2, 0) is 7.05 Å². The van der Waals surface area contributed by atoms with E-state index in [0.717, 1.165) is 5.82 Å². The lowest BCUT2D eigenvalue weighted by molar-refractivity contribution is -0.383. The van der Waals surface area contributed by atoms with Crippen LogP contribution in [0.4, 0.5) is 11.4 Å². The lowest BCUT2D eigenvalue weighted by Crippen LogP contribution is -1.98. The number of nitrogens with two attached hydrogens (primary N) is 1. The molecule has 1 aromatic carbocycles. The molecule has 0 spiro atoms. The predicted molar refractivity (Wildman–Crippen MR) is 62.2 cm³/mol. The van der Waals surface area contributed by atoms with Crippen molar-refractivity contribution in [1.82, 2.24) is 14.8 Å². The molecule has 0 bridgehead atoms. The average molecular weight is 233 g/mol. The lowest BCUT2D eigenvalue weighted by Gasteiger charge is -2.03. The summed E-state index contributed by atoms with van der Waals surface area (Å²) in [5.74, 6) is 1.31. The van der Waals surface area contributed by atoms with Gasteiger partial charge >= 0.3 is 0 Å². The summed E-state index contributed by atoms with van der Waals surface area (Å²) in [6.45, 7) is 1.81. The first kappa shape index (κ1) is 11.1. The van der Waals surface area contributed by atoms with Crippen molar-refractivity contribution in [1.29, 1.82) is 0 Å². The van der Waals surface area contributed by atoms with Crippen LogP contribution in [0.1, 0.15) is 5.82 Å². The summed E-state index contributed by atoms with van der Waals surface area (Å²) in [5.41, 5.74) is 6.16. The molecule has 0 unspecified atom stereocenters. The van der Waals surface area contributed by atoms with E-state index in [1.54, 1.807) is 17.7 Å². The highest BCUT2D eigenvalue weighted by Gasteiger charge is 2.15. The molecule has 1 aromatic heterocycles. The molecule has 2 rings (SSSR count). The zero-order valence-electron chi connectivity index (χ0n) is 9.41. The number of rotatable bonds is 2. The highest BCUT2D eigenvalue weighted by atomic mass is 16.6. The van der Waals surface area contributed by atoms with Crippen LogP contribution in [0.2, 0.25) is 0 Å². The molecule has 88 valence electrons. The quantitative estimate of drug-likeness (QED) is 0.478. The van der Waals surface area contributed by atoms with Gasteiger partial charge in [0.25, 0.3) is 5.69 Å². The Morgan fingerprint density at radius 3 is 2.65 bits per heavy atom. The highest BCUT2D eigenvalue weighted by molar-refractivity contribution is 5.68. The van der Waals surface area contributed by atoms with Crippen LogP contribution in [0.25, 0.3) is 11.4 Å². The van der Waals surface area contributed by atoms with E-state index in [4.69, 9.17) is 5.73 Å². The number of nitrogens with zero attached hydrogens (tertiary/aromatic N) is 4. The van der Waals surface area contributed by atoms with Crippen molar-refractivity contribution >= 4 is 11.4 Å². The van der Waals surface area contributed by atoms with Crippen LogP contribution in [0, 0.1) is 17.0 Å². The number of benzene rings is 1. The van der Waals surface area contributed by atoms with Crippen LogP contribution in [-0.4, -0.2) is 19.7 Å². The monoisotopic (exact) mass is 233 g/mol. The molecule has 0 saturated heterocycles. The van der Waals surface area contributed by atoms with Gasteiger partial charge in [0.1, 0.15) is 11.5 Å². The molecule has 0 aliphatic rings. The molecule has 7 heteroatoms. The van der Waals surface area contributed by atoms with E-state index in [1.165, 1.54) is 12.1 Å². The fourth-order valence-electron chi connectivity index (χ4n) is 1.50. The van der Waals surface area contributed by atoms with Gasteiger partial charge in [-0.3, -0.25) is 10.1 Å². The van der Waals surface area contributed by atoms with Crippen molar-refractivity contribution in [3.05, 3.63) is 34.1 Å². The van der Waals surface area contributed by atoms with E-state index >= 15 is 0 Å². The standard InChI is InChI=1S/C10H11N5O2/c1-6-12-13-10(14(6)2)7-3-4-8(11)9(5-7)15(16)17/h3-5H,11H2,1-2H3. The van der Waals surface area contributed by atoms with Crippen molar-refractivity contribution < 1.29 is 4.92 Å². The van der Waals surface area contributed by atoms with Gasteiger partial charge in [-0.15, -0.1) is 10.2 Å². The molecule has 0 atom stereocenters.